The van der Waals surface area contributed by atoms with Crippen LogP contribution in [0.15, 0.2) is 12.4 Å². The SMILES string of the molecule is CC.COCc1cnc(OC)nc1. The second-order valence-corrected chi connectivity index (χ2v) is 2.01. The van der Waals surface area contributed by atoms with E-state index in [-0.39, 0.29) is 0 Å². The molecule has 0 amide bonds. The monoisotopic (exact) mass is 184 g/mol. The highest BCUT2D eigenvalue weighted by Gasteiger charge is 1.94. The highest BCUT2D eigenvalue weighted by atomic mass is 16.5. The van der Waals surface area contributed by atoms with Crippen molar-refractivity contribution in [2.45, 2.75) is 20.5 Å². The fourth-order valence-corrected chi connectivity index (χ4v) is 0.690. The fraction of sp³-hybridized carbons (Fsp3) is 0.556. The quantitative estimate of drug-likeness (QED) is 0.716. The molecule has 1 heterocycles. The van der Waals surface area contributed by atoms with E-state index >= 15 is 0 Å². The Morgan fingerprint density at radius 2 is 1.69 bits per heavy atom. The first-order chi connectivity index (χ1) is 6.36. The van der Waals surface area contributed by atoms with E-state index in [4.69, 9.17) is 9.47 Å². The number of ether oxygens (including phenoxy) is 2. The van der Waals surface area contributed by atoms with Crippen molar-refractivity contribution in [3.05, 3.63) is 18.0 Å². The summed E-state index contributed by atoms with van der Waals surface area (Å²) in [6.07, 6.45) is 3.35. The van der Waals surface area contributed by atoms with Crippen LogP contribution >= 0.6 is 0 Å². The molecule has 0 radical (unpaired) electrons. The first-order valence-corrected chi connectivity index (χ1v) is 4.20. The maximum absolute atomic E-state index is 4.88. The van der Waals surface area contributed by atoms with Crippen LogP contribution < -0.4 is 4.74 Å². The van der Waals surface area contributed by atoms with Crippen molar-refractivity contribution in [2.75, 3.05) is 14.2 Å². The van der Waals surface area contributed by atoms with Gasteiger partial charge >= 0.3 is 6.01 Å². The number of rotatable bonds is 3. The molecule has 0 unspecified atom stereocenters. The summed E-state index contributed by atoms with van der Waals surface area (Å²) in [7, 11) is 3.16. The van der Waals surface area contributed by atoms with Crippen LogP contribution in [0.4, 0.5) is 0 Å². The molecule has 1 aromatic heterocycles. The zero-order valence-corrected chi connectivity index (χ0v) is 8.57. The Kier molecular flexibility index (Phi) is 6.82. The van der Waals surface area contributed by atoms with Crippen molar-refractivity contribution < 1.29 is 9.47 Å². The smallest absolute Gasteiger partial charge is 0.316 e. The molecule has 0 bridgehead atoms. The molecule has 4 nitrogen and oxygen atoms in total. The lowest BCUT2D eigenvalue weighted by molar-refractivity contribution is 0.184. The van der Waals surface area contributed by atoms with Gasteiger partial charge in [0.25, 0.3) is 0 Å². The van der Waals surface area contributed by atoms with Gasteiger partial charge in [-0.2, -0.15) is 0 Å². The zero-order chi connectivity index (χ0) is 10.1. The lowest BCUT2D eigenvalue weighted by Crippen LogP contribution is -1.94. The lowest BCUT2D eigenvalue weighted by Gasteiger charge is -1.98. The molecule has 0 aliphatic rings. The van der Waals surface area contributed by atoms with Gasteiger partial charge in [-0.05, 0) is 0 Å². The minimum atomic E-state index is 0.379. The van der Waals surface area contributed by atoms with Crippen LogP contribution in [-0.2, 0) is 11.3 Å². The first kappa shape index (κ1) is 11.8. The summed E-state index contributed by atoms with van der Waals surface area (Å²) in [6, 6.07) is 0.379. The van der Waals surface area contributed by atoms with Crippen LogP contribution in [0.3, 0.4) is 0 Å². The molecule has 0 saturated carbocycles. The molecular formula is C9H16N2O2. The van der Waals surface area contributed by atoms with Gasteiger partial charge in [-0.3, -0.25) is 0 Å². The highest BCUT2D eigenvalue weighted by Crippen LogP contribution is 2.01. The summed E-state index contributed by atoms with van der Waals surface area (Å²) < 4.78 is 9.66. The van der Waals surface area contributed by atoms with Crippen molar-refractivity contribution in [2.24, 2.45) is 0 Å². The van der Waals surface area contributed by atoms with E-state index in [0.717, 1.165) is 5.56 Å². The molecule has 13 heavy (non-hydrogen) atoms. The molecule has 74 valence electrons. The topological polar surface area (TPSA) is 44.2 Å². The van der Waals surface area contributed by atoms with Crippen molar-refractivity contribution in [1.82, 2.24) is 9.97 Å². The minimum absolute atomic E-state index is 0.379. The van der Waals surface area contributed by atoms with Gasteiger partial charge in [0.2, 0.25) is 0 Å². The predicted molar refractivity (Wildman–Crippen MR) is 50.6 cm³/mol. The number of hydrogen-bond donors (Lipinski definition) is 0. The third kappa shape index (κ3) is 4.42. The third-order valence-corrected chi connectivity index (χ3v) is 1.18. The maximum Gasteiger partial charge on any atom is 0.316 e. The molecule has 0 fully saturated rings. The summed E-state index contributed by atoms with van der Waals surface area (Å²) in [6.45, 7) is 4.53. The average molecular weight is 184 g/mol. The van der Waals surface area contributed by atoms with Gasteiger partial charge in [-0.25, -0.2) is 9.97 Å². The van der Waals surface area contributed by atoms with Gasteiger partial charge in [-0.1, -0.05) is 13.8 Å². The molecule has 0 aliphatic carbocycles. The van der Waals surface area contributed by atoms with Crippen LogP contribution in [0.2, 0.25) is 0 Å². The van der Waals surface area contributed by atoms with Crippen molar-refractivity contribution in [3.8, 4) is 6.01 Å². The summed E-state index contributed by atoms with van der Waals surface area (Å²) in [5.74, 6) is 0. The van der Waals surface area contributed by atoms with Gasteiger partial charge in [0.15, 0.2) is 0 Å². The van der Waals surface area contributed by atoms with Crippen molar-refractivity contribution in [3.63, 3.8) is 0 Å². The second kappa shape index (κ2) is 7.49. The maximum atomic E-state index is 4.88. The van der Waals surface area contributed by atoms with E-state index in [1.165, 1.54) is 7.11 Å². The Morgan fingerprint density at radius 3 is 2.08 bits per heavy atom. The van der Waals surface area contributed by atoms with Gasteiger partial charge in [-0.15, -0.1) is 0 Å². The summed E-state index contributed by atoms with van der Waals surface area (Å²) >= 11 is 0. The molecule has 0 aliphatic heterocycles. The predicted octanol–water partition coefficient (Wildman–Crippen LogP) is 1.66. The van der Waals surface area contributed by atoms with E-state index in [1.54, 1.807) is 19.5 Å². The van der Waals surface area contributed by atoms with Crippen molar-refractivity contribution in [1.29, 1.82) is 0 Å². The van der Waals surface area contributed by atoms with E-state index < -0.39 is 0 Å². The van der Waals surface area contributed by atoms with E-state index in [1.807, 2.05) is 13.8 Å². The Labute approximate surface area is 78.9 Å². The first-order valence-electron chi connectivity index (χ1n) is 4.20. The molecule has 1 rings (SSSR count). The molecule has 0 atom stereocenters. The molecule has 0 N–H and O–H groups in total. The van der Waals surface area contributed by atoms with Crippen molar-refractivity contribution >= 4 is 0 Å². The number of aromatic nitrogens is 2. The Balaban J connectivity index is 0.000000671. The Bertz CT molecular complexity index is 211. The van der Waals surface area contributed by atoms with Crippen LogP contribution in [0.5, 0.6) is 6.01 Å². The van der Waals surface area contributed by atoms with E-state index in [2.05, 4.69) is 9.97 Å². The largest absolute Gasteiger partial charge is 0.467 e. The molecule has 1 aromatic rings. The van der Waals surface area contributed by atoms with Crippen LogP contribution in [0.1, 0.15) is 19.4 Å². The lowest BCUT2D eigenvalue weighted by atomic mass is 10.4. The number of methoxy groups -OCH3 is 2. The minimum Gasteiger partial charge on any atom is -0.467 e. The van der Waals surface area contributed by atoms with Gasteiger partial charge in [0.1, 0.15) is 0 Å². The van der Waals surface area contributed by atoms with Gasteiger partial charge in [0.05, 0.1) is 13.7 Å². The normalized spacial score (nSPS) is 8.62. The molecule has 0 spiro atoms. The molecule has 4 heteroatoms. The second-order valence-electron chi connectivity index (χ2n) is 2.01. The molecular weight excluding hydrogens is 168 g/mol. The Morgan fingerprint density at radius 1 is 1.15 bits per heavy atom. The summed E-state index contributed by atoms with van der Waals surface area (Å²) in [5, 5.41) is 0. The standard InChI is InChI=1S/C7H10N2O2.C2H6/c1-10-5-6-3-8-7(11-2)9-4-6;1-2/h3-4H,5H2,1-2H3;1-2H3. The molecule has 0 aromatic carbocycles. The highest BCUT2D eigenvalue weighted by molar-refractivity contribution is 5.05. The Hall–Kier alpha value is -1.16. The van der Waals surface area contributed by atoms with Crippen LogP contribution in [0.25, 0.3) is 0 Å². The fourth-order valence-electron chi connectivity index (χ4n) is 0.690. The van der Waals surface area contributed by atoms with Gasteiger partial charge in [0, 0.05) is 25.1 Å². The summed E-state index contributed by atoms with van der Waals surface area (Å²) in [4.78, 5) is 7.80. The number of hydrogen-bond acceptors (Lipinski definition) is 4. The van der Waals surface area contributed by atoms with Crippen LogP contribution in [0, 0.1) is 0 Å². The number of nitrogens with zero attached hydrogens (tertiary/aromatic N) is 2. The van der Waals surface area contributed by atoms with Gasteiger partial charge < -0.3 is 9.47 Å². The average Bonchev–Trinajstić information content (AvgIpc) is 2.23. The van der Waals surface area contributed by atoms with E-state index in [0.29, 0.717) is 12.6 Å². The zero-order valence-electron chi connectivity index (χ0n) is 8.57. The molecule has 0 saturated heterocycles. The summed E-state index contributed by atoms with van der Waals surface area (Å²) in [5.41, 5.74) is 0.938. The van der Waals surface area contributed by atoms with E-state index in [9.17, 15) is 0 Å². The third-order valence-electron chi connectivity index (χ3n) is 1.18. The van der Waals surface area contributed by atoms with Crippen LogP contribution in [-0.4, -0.2) is 24.2 Å².